The van der Waals surface area contributed by atoms with Gasteiger partial charge in [0.2, 0.25) is 16.0 Å². The summed E-state index contributed by atoms with van der Waals surface area (Å²) in [5, 5.41) is 0.0802. The fraction of sp³-hybridized carbons (Fsp3) is 0.500. The maximum atomic E-state index is 12.9. The van der Waals surface area contributed by atoms with Gasteiger partial charge in [-0.25, -0.2) is 28.4 Å². The molecule has 0 amide bonds. The number of imidazole rings is 1. The molecule has 174 valence electrons. The number of fused-ring (bicyclic) bond motifs is 3. The predicted octanol–water partition coefficient (Wildman–Crippen LogP) is 1.11. The van der Waals surface area contributed by atoms with Crippen molar-refractivity contribution in [3.05, 3.63) is 28.9 Å². The van der Waals surface area contributed by atoms with Gasteiger partial charge in [-0.2, -0.15) is 4.31 Å². The van der Waals surface area contributed by atoms with Gasteiger partial charge >= 0.3 is 0 Å². The van der Waals surface area contributed by atoms with Crippen LogP contribution in [0.4, 0.5) is 11.8 Å². The van der Waals surface area contributed by atoms with E-state index in [1.807, 2.05) is 4.40 Å². The Kier molecular flexibility index (Phi) is 4.94. The highest BCUT2D eigenvalue weighted by molar-refractivity contribution is 7.90. The van der Waals surface area contributed by atoms with Crippen molar-refractivity contribution >= 4 is 39.0 Å². The molecule has 11 nitrogen and oxygen atoms in total. The molecule has 2 N–H and O–H groups in total. The molecule has 3 aromatic rings. The van der Waals surface area contributed by atoms with E-state index in [2.05, 4.69) is 14.9 Å². The molecule has 0 spiro atoms. The SMILES string of the molecule is Nc1ncc(-c2nc(N3CCOCC3)c3nc4c(n3c2Cl)CN(S(=O)(=O)C2CC2)CC4)cn1. The van der Waals surface area contributed by atoms with Crippen LogP contribution in [0.2, 0.25) is 5.15 Å². The van der Waals surface area contributed by atoms with E-state index in [4.69, 9.17) is 32.0 Å². The second-order valence-corrected chi connectivity index (χ2v) is 11.1. The van der Waals surface area contributed by atoms with Crippen molar-refractivity contribution in [2.45, 2.75) is 31.1 Å². The average Bonchev–Trinajstić information content (AvgIpc) is 3.62. The van der Waals surface area contributed by atoms with Crippen LogP contribution < -0.4 is 10.6 Å². The fourth-order valence-corrected chi connectivity index (χ4v) is 6.57. The van der Waals surface area contributed by atoms with E-state index >= 15 is 0 Å². The van der Waals surface area contributed by atoms with Crippen molar-refractivity contribution in [2.24, 2.45) is 0 Å². The smallest absolute Gasteiger partial charge is 0.219 e. The quantitative estimate of drug-likeness (QED) is 0.571. The minimum Gasteiger partial charge on any atom is -0.378 e. The molecular weight excluding hydrogens is 468 g/mol. The third-order valence-corrected chi connectivity index (χ3v) is 9.04. The Morgan fingerprint density at radius 3 is 2.52 bits per heavy atom. The van der Waals surface area contributed by atoms with E-state index in [1.54, 1.807) is 16.7 Å². The molecule has 3 aliphatic rings. The van der Waals surface area contributed by atoms with Gasteiger partial charge in [-0.3, -0.25) is 4.40 Å². The molecule has 0 aromatic carbocycles. The summed E-state index contributed by atoms with van der Waals surface area (Å²) in [5.74, 6) is 0.839. The molecule has 33 heavy (non-hydrogen) atoms. The molecule has 2 aliphatic heterocycles. The number of morpholine rings is 1. The van der Waals surface area contributed by atoms with E-state index in [9.17, 15) is 8.42 Å². The number of nitrogens with zero attached hydrogens (tertiary/aromatic N) is 7. The Balaban J connectivity index is 1.54. The normalized spacial score (nSPS) is 19.7. The number of aromatic nitrogens is 5. The molecule has 0 radical (unpaired) electrons. The predicted molar refractivity (Wildman–Crippen MR) is 123 cm³/mol. The molecule has 1 aliphatic carbocycles. The summed E-state index contributed by atoms with van der Waals surface area (Å²) in [6.45, 7) is 3.17. The number of rotatable bonds is 4. The van der Waals surface area contributed by atoms with Gasteiger partial charge in [0.1, 0.15) is 10.8 Å². The first kappa shape index (κ1) is 21.0. The van der Waals surface area contributed by atoms with Gasteiger partial charge in [0.05, 0.1) is 36.4 Å². The molecular formula is C20H23ClN8O3S. The Morgan fingerprint density at radius 1 is 1.09 bits per heavy atom. The minimum atomic E-state index is -3.32. The summed E-state index contributed by atoms with van der Waals surface area (Å²) in [6.07, 6.45) is 5.15. The highest BCUT2D eigenvalue weighted by Gasteiger charge is 2.42. The van der Waals surface area contributed by atoms with E-state index in [1.165, 1.54) is 0 Å². The van der Waals surface area contributed by atoms with Gasteiger partial charge < -0.3 is 15.4 Å². The average molecular weight is 491 g/mol. The van der Waals surface area contributed by atoms with Crippen molar-refractivity contribution in [1.82, 2.24) is 28.6 Å². The van der Waals surface area contributed by atoms with E-state index < -0.39 is 10.0 Å². The number of halogens is 1. The Bertz CT molecular complexity index is 1330. The van der Waals surface area contributed by atoms with Gasteiger partial charge in [-0.15, -0.1) is 0 Å². The van der Waals surface area contributed by atoms with Crippen LogP contribution in [0, 0.1) is 0 Å². The summed E-state index contributed by atoms with van der Waals surface area (Å²) in [5.41, 5.74) is 9.02. The van der Waals surface area contributed by atoms with E-state index in [0.29, 0.717) is 67.1 Å². The van der Waals surface area contributed by atoms with Crippen LogP contribution in [0.15, 0.2) is 12.4 Å². The first-order valence-electron chi connectivity index (χ1n) is 10.9. The van der Waals surface area contributed by atoms with Crippen molar-refractivity contribution < 1.29 is 13.2 Å². The van der Waals surface area contributed by atoms with Crippen LogP contribution >= 0.6 is 11.6 Å². The maximum absolute atomic E-state index is 12.9. The highest BCUT2D eigenvalue weighted by atomic mass is 35.5. The van der Waals surface area contributed by atoms with Crippen molar-refractivity contribution in [1.29, 1.82) is 0 Å². The summed E-state index contributed by atoms with van der Waals surface area (Å²) >= 11 is 6.90. The van der Waals surface area contributed by atoms with Crippen molar-refractivity contribution in [3.8, 4) is 11.3 Å². The van der Waals surface area contributed by atoms with Gasteiger partial charge in [-0.1, -0.05) is 11.6 Å². The summed E-state index contributed by atoms with van der Waals surface area (Å²) in [4.78, 5) is 20.0. The first-order chi connectivity index (χ1) is 15.9. The lowest BCUT2D eigenvalue weighted by atomic mass is 10.2. The molecule has 2 fully saturated rings. The van der Waals surface area contributed by atoms with Gasteiger partial charge in [0.25, 0.3) is 0 Å². The number of hydrogen-bond donors (Lipinski definition) is 1. The van der Waals surface area contributed by atoms with Gasteiger partial charge in [-0.05, 0) is 12.8 Å². The lowest BCUT2D eigenvalue weighted by molar-refractivity contribution is 0.122. The van der Waals surface area contributed by atoms with Crippen LogP contribution in [0.3, 0.4) is 0 Å². The number of nitrogen functional groups attached to an aromatic ring is 1. The zero-order valence-corrected chi connectivity index (χ0v) is 19.4. The molecule has 3 aromatic heterocycles. The summed E-state index contributed by atoms with van der Waals surface area (Å²) in [7, 11) is -3.32. The second-order valence-electron chi connectivity index (χ2n) is 8.50. The summed E-state index contributed by atoms with van der Waals surface area (Å²) in [6, 6.07) is 0. The largest absolute Gasteiger partial charge is 0.378 e. The van der Waals surface area contributed by atoms with Crippen molar-refractivity contribution in [3.63, 3.8) is 0 Å². The molecule has 6 rings (SSSR count). The molecule has 0 bridgehead atoms. The third kappa shape index (κ3) is 3.52. The topological polar surface area (TPSA) is 132 Å². The first-order valence-corrected chi connectivity index (χ1v) is 12.8. The monoisotopic (exact) mass is 490 g/mol. The number of anilines is 2. The minimum absolute atomic E-state index is 0.158. The Morgan fingerprint density at radius 2 is 1.82 bits per heavy atom. The number of sulfonamides is 1. The molecule has 13 heteroatoms. The number of ether oxygens (including phenoxy) is 1. The van der Waals surface area contributed by atoms with Crippen LogP contribution in [0.1, 0.15) is 24.2 Å². The molecule has 1 saturated heterocycles. The van der Waals surface area contributed by atoms with Crippen LogP contribution in [0.25, 0.3) is 16.9 Å². The zero-order valence-electron chi connectivity index (χ0n) is 17.8. The summed E-state index contributed by atoms with van der Waals surface area (Å²) < 4.78 is 34.8. The standard InChI is InChI=1S/C20H23ClN8O3S/c21-17-16(12-9-23-20(22)24-10-12)26-18(27-5-7-32-8-6-27)19-25-14-3-4-28(11-15(14)29(17)19)33(30,31)13-1-2-13/h9-10,13H,1-8,11H2,(H2,22,23,24). The van der Waals surface area contributed by atoms with E-state index in [0.717, 1.165) is 24.2 Å². The Hall–Kier alpha value is -2.54. The second kappa shape index (κ2) is 7.76. The van der Waals surface area contributed by atoms with Crippen LogP contribution in [-0.2, 0) is 27.7 Å². The van der Waals surface area contributed by atoms with E-state index in [-0.39, 0.29) is 17.7 Å². The van der Waals surface area contributed by atoms with Gasteiger partial charge in [0.15, 0.2) is 11.5 Å². The van der Waals surface area contributed by atoms with Gasteiger partial charge in [0, 0.05) is 44.0 Å². The van der Waals surface area contributed by atoms with Crippen LogP contribution in [-0.4, -0.2) is 75.2 Å². The Labute approximate surface area is 195 Å². The van der Waals surface area contributed by atoms with Crippen LogP contribution in [0.5, 0.6) is 0 Å². The molecule has 5 heterocycles. The molecule has 0 unspecified atom stereocenters. The highest BCUT2D eigenvalue weighted by Crippen LogP contribution is 2.37. The fourth-order valence-electron chi connectivity index (χ4n) is 4.43. The maximum Gasteiger partial charge on any atom is 0.219 e. The van der Waals surface area contributed by atoms with Crippen molar-refractivity contribution in [2.75, 3.05) is 43.5 Å². The zero-order chi connectivity index (χ0) is 22.7. The third-order valence-electron chi connectivity index (χ3n) is 6.35. The lowest BCUT2D eigenvalue weighted by Gasteiger charge is -2.29. The number of nitrogens with two attached hydrogens (primary N) is 1. The lowest BCUT2D eigenvalue weighted by Crippen LogP contribution is -2.38. The number of hydrogen-bond acceptors (Lipinski definition) is 9. The molecule has 1 saturated carbocycles. The molecule has 0 atom stereocenters.